The Morgan fingerprint density at radius 1 is 1.24 bits per heavy atom. The Morgan fingerprint density at radius 3 is 2.68 bits per heavy atom. The van der Waals surface area contributed by atoms with Crippen LogP contribution in [0.4, 0.5) is 5.69 Å². The summed E-state index contributed by atoms with van der Waals surface area (Å²) in [6.45, 7) is 2.24. The highest BCUT2D eigenvalue weighted by molar-refractivity contribution is 7.91. The molecule has 2 heterocycles. The number of carbonyl (C=O) groups excluding carboxylic acids is 1. The van der Waals surface area contributed by atoms with Crippen LogP contribution in [0.25, 0.3) is 0 Å². The van der Waals surface area contributed by atoms with Gasteiger partial charge in [-0.1, -0.05) is 36.2 Å². The van der Waals surface area contributed by atoms with Crippen LogP contribution >= 0.6 is 22.9 Å². The molecule has 134 valence electrons. The molecule has 0 radical (unpaired) electrons. The van der Waals surface area contributed by atoms with Gasteiger partial charge in [0.15, 0.2) is 0 Å². The molecular weight excluding hydrogens is 380 g/mol. The van der Waals surface area contributed by atoms with Crippen LogP contribution in [0.5, 0.6) is 0 Å². The van der Waals surface area contributed by atoms with Crippen molar-refractivity contribution in [1.82, 2.24) is 4.31 Å². The molecule has 1 atom stereocenters. The van der Waals surface area contributed by atoms with E-state index in [1.165, 1.54) is 10.4 Å². The number of nitrogens with zero attached hydrogens (tertiary/aromatic N) is 1. The predicted molar refractivity (Wildman–Crippen MR) is 101 cm³/mol. The molecule has 0 aliphatic carbocycles. The van der Waals surface area contributed by atoms with Gasteiger partial charge in [-0.25, -0.2) is 8.42 Å². The van der Waals surface area contributed by atoms with Gasteiger partial charge in [-0.2, -0.15) is 4.31 Å². The van der Waals surface area contributed by atoms with Crippen molar-refractivity contribution in [2.45, 2.75) is 36.4 Å². The minimum Gasteiger partial charge on any atom is -0.324 e. The molecule has 8 heteroatoms. The number of nitrogens with one attached hydrogen (secondary N) is 1. The number of carbonyl (C=O) groups is 1. The summed E-state index contributed by atoms with van der Waals surface area (Å²) in [5.74, 6) is -0.291. The van der Waals surface area contributed by atoms with Crippen molar-refractivity contribution in [3.63, 3.8) is 0 Å². The van der Waals surface area contributed by atoms with Gasteiger partial charge < -0.3 is 5.32 Å². The molecule has 0 bridgehead atoms. The van der Waals surface area contributed by atoms with Gasteiger partial charge in [0.2, 0.25) is 5.91 Å². The monoisotopic (exact) mass is 398 g/mol. The second-order valence-corrected chi connectivity index (χ2v) is 9.82. The van der Waals surface area contributed by atoms with Crippen LogP contribution in [0.15, 0.2) is 40.6 Å². The van der Waals surface area contributed by atoms with Crippen molar-refractivity contribution in [2.75, 3.05) is 11.9 Å². The third kappa shape index (κ3) is 3.89. The maximum Gasteiger partial charge on any atom is 0.253 e. The number of sulfonamides is 1. The van der Waals surface area contributed by atoms with Gasteiger partial charge in [0.25, 0.3) is 10.0 Å². The van der Waals surface area contributed by atoms with Crippen LogP contribution in [0.2, 0.25) is 4.34 Å². The highest BCUT2D eigenvalue weighted by Crippen LogP contribution is 2.32. The lowest BCUT2D eigenvalue weighted by Gasteiger charge is -2.33. The highest BCUT2D eigenvalue weighted by atomic mass is 35.5. The summed E-state index contributed by atoms with van der Waals surface area (Å²) in [6, 6.07) is 9.79. The van der Waals surface area contributed by atoms with Gasteiger partial charge in [0.05, 0.1) is 4.34 Å². The Kier molecular flexibility index (Phi) is 5.48. The third-order valence-electron chi connectivity index (χ3n) is 4.27. The van der Waals surface area contributed by atoms with Crippen molar-refractivity contribution in [2.24, 2.45) is 0 Å². The van der Waals surface area contributed by atoms with Gasteiger partial charge in [0, 0.05) is 12.2 Å². The molecule has 0 saturated carbocycles. The first-order chi connectivity index (χ1) is 11.9. The van der Waals surface area contributed by atoms with Crippen molar-refractivity contribution in [3.8, 4) is 0 Å². The number of rotatable bonds is 4. The molecule has 1 N–H and O–H groups in total. The number of amides is 1. The Hall–Kier alpha value is -1.41. The number of hydrogen-bond donors (Lipinski definition) is 1. The third-order valence-corrected chi connectivity index (χ3v) is 7.88. The Bertz CT molecular complexity index is 880. The molecule has 1 aliphatic heterocycles. The zero-order chi connectivity index (χ0) is 18.0. The summed E-state index contributed by atoms with van der Waals surface area (Å²) in [5.41, 5.74) is 1.64. The van der Waals surface area contributed by atoms with E-state index >= 15 is 0 Å². The van der Waals surface area contributed by atoms with Gasteiger partial charge in [0.1, 0.15) is 10.3 Å². The lowest BCUT2D eigenvalue weighted by Crippen LogP contribution is -2.49. The fourth-order valence-electron chi connectivity index (χ4n) is 2.94. The summed E-state index contributed by atoms with van der Waals surface area (Å²) in [5, 5.41) is 2.87. The van der Waals surface area contributed by atoms with Crippen LogP contribution in [0, 0.1) is 6.92 Å². The number of piperidine rings is 1. The molecule has 1 aliphatic rings. The van der Waals surface area contributed by atoms with Crippen LogP contribution in [0.1, 0.15) is 24.8 Å². The Morgan fingerprint density at radius 2 is 2.00 bits per heavy atom. The van der Waals surface area contributed by atoms with E-state index in [0.717, 1.165) is 29.7 Å². The van der Waals surface area contributed by atoms with Crippen molar-refractivity contribution >= 4 is 44.6 Å². The lowest BCUT2D eigenvalue weighted by atomic mass is 10.0. The van der Waals surface area contributed by atoms with E-state index < -0.39 is 16.1 Å². The molecule has 0 spiro atoms. The Labute approximate surface area is 156 Å². The SMILES string of the molecule is Cc1ccccc1NC(=O)C1CCCCN1S(=O)(=O)c1ccc(Cl)s1. The number of thiophene rings is 1. The van der Waals surface area contributed by atoms with Gasteiger partial charge in [-0.15, -0.1) is 11.3 Å². The normalized spacial score (nSPS) is 18.9. The first-order valence-electron chi connectivity index (χ1n) is 8.03. The van der Waals surface area contributed by atoms with Crippen LogP contribution in [-0.2, 0) is 14.8 Å². The maximum atomic E-state index is 12.9. The van der Waals surface area contributed by atoms with E-state index in [-0.39, 0.29) is 10.1 Å². The minimum atomic E-state index is -3.73. The molecule has 1 aromatic heterocycles. The summed E-state index contributed by atoms with van der Waals surface area (Å²) >= 11 is 6.90. The van der Waals surface area contributed by atoms with Crippen molar-refractivity contribution in [1.29, 1.82) is 0 Å². The smallest absolute Gasteiger partial charge is 0.253 e. The number of hydrogen-bond acceptors (Lipinski definition) is 4. The molecule has 3 rings (SSSR count). The molecule has 1 unspecified atom stereocenters. The summed E-state index contributed by atoms with van der Waals surface area (Å²) in [6.07, 6.45) is 2.08. The largest absolute Gasteiger partial charge is 0.324 e. The molecule has 2 aromatic rings. The molecule has 1 fully saturated rings. The average molecular weight is 399 g/mol. The van der Waals surface area contributed by atoms with E-state index in [9.17, 15) is 13.2 Å². The van der Waals surface area contributed by atoms with Crippen LogP contribution in [-0.4, -0.2) is 31.2 Å². The van der Waals surface area contributed by atoms with E-state index in [1.807, 2.05) is 31.2 Å². The summed E-state index contributed by atoms with van der Waals surface area (Å²) in [7, 11) is -3.73. The number of anilines is 1. The average Bonchev–Trinajstić information content (AvgIpc) is 3.04. The van der Waals surface area contributed by atoms with Crippen LogP contribution in [0.3, 0.4) is 0 Å². The van der Waals surface area contributed by atoms with Crippen LogP contribution < -0.4 is 5.32 Å². The predicted octanol–water partition coefficient (Wildman–Crippen LogP) is 3.89. The van der Waals surface area contributed by atoms with Gasteiger partial charge in [-0.05, 0) is 43.5 Å². The van der Waals surface area contributed by atoms with E-state index in [4.69, 9.17) is 11.6 Å². The Balaban J connectivity index is 1.86. The van der Waals surface area contributed by atoms with Crippen molar-refractivity contribution < 1.29 is 13.2 Å². The second-order valence-electron chi connectivity index (χ2n) is 5.99. The highest BCUT2D eigenvalue weighted by Gasteiger charge is 2.38. The topological polar surface area (TPSA) is 66.5 Å². The van der Waals surface area contributed by atoms with E-state index in [2.05, 4.69) is 5.32 Å². The fraction of sp³-hybridized carbons (Fsp3) is 0.353. The fourth-order valence-corrected chi connectivity index (χ4v) is 6.20. The quantitative estimate of drug-likeness (QED) is 0.849. The molecule has 1 amide bonds. The second kappa shape index (κ2) is 7.45. The standard InChI is InChI=1S/C17H19ClN2O3S2/c1-12-6-2-3-7-13(12)19-17(21)14-8-4-5-11-20(14)25(22,23)16-10-9-15(18)24-16/h2-3,6-7,9-10,14H,4-5,8,11H2,1H3,(H,19,21). The molecule has 25 heavy (non-hydrogen) atoms. The number of benzene rings is 1. The minimum absolute atomic E-state index is 0.174. The lowest BCUT2D eigenvalue weighted by molar-refractivity contribution is -0.120. The van der Waals surface area contributed by atoms with Gasteiger partial charge in [-0.3, -0.25) is 4.79 Å². The number of para-hydroxylation sites is 1. The number of halogens is 1. The maximum absolute atomic E-state index is 12.9. The molecular formula is C17H19ClN2O3S2. The van der Waals surface area contributed by atoms with Crippen molar-refractivity contribution in [3.05, 3.63) is 46.3 Å². The molecule has 1 aromatic carbocycles. The zero-order valence-corrected chi connectivity index (χ0v) is 16.1. The summed E-state index contributed by atoms with van der Waals surface area (Å²) < 4.78 is 27.8. The summed E-state index contributed by atoms with van der Waals surface area (Å²) in [4.78, 5) is 12.8. The van der Waals surface area contributed by atoms with E-state index in [1.54, 1.807) is 6.07 Å². The first kappa shape index (κ1) is 18.4. The molecule has 5 nitrogen and oxygen atoms in total. The van der Waals surface area contributed by atoms with E-state index in [0.29, 0.717) is 23.0 Å². The first-order valence-corrected chi connectivity index (χ1v) is 10.7. The van der Waals surface area contributed by atoms with Gasteiger partial charge >= 0.3 is 0 Å². The number of aryl methyl sites for hydroxylation is 1. The zero-order valence-electron chi connectivity index (χ0n) is 13.7. The molecule has 1 saturated heterocycles.